The van der Waals surface area contributed by atoms with Gasteiger partial charge in [0.25, 0.3) is 0 Å². The fraction of sp³-hybridized carbons (Fsp3) is 0.500. The summed E-state index contributed by atoms with van der Waals surface area (Å²) in [6.45, 7) is 6.32. The molecule has 0 heterocycles. The van der Waals surface area contributed by atoms with E-state index in [0.717, 1.165) is 10.2 Å². The Kier molecular flexibility index (Phi) is 5.20. The van der Waals surface area contributed by atoms with Crippen LogP contribution in [0.4, 0.5) is 0 Å². The summed E-state index contributed by atoms with van der Waals surface area (Å²) in [5.74, 6) is 0.224. The number of esters is 1. The van der Waals surface area contributed by atoms with Crippen molar-refractivity contribution in [2.24, 2.45) is 11.3 Å². The fourth-order valence-corrected chi connectivity index (χ4v) is 1.79. The Morgan fingerprint density at radius 2 is 1.83 bits per heavy atom. The second-order valence-corrected chi connectivity index (χ2v) is 6.12. The summed E-state index contributed by atoms with van der Waals surface area (Å²) >= 11 is 3.36. The molecule has 100 valence electrons. The number of hydrogen-bond acceptors (Lipinski definition) is 3. The second-order valence-electron chi connectivity index (χ2n) is 5.21. The smallest absolute Gasteiger partial charge is 0.312 e. The van der Waals surface area contributed by atoms with Crippen LogP contribution >= 0.6 is 15.9 Å². The van der Waals surface area contributed by atoms with Crippen LogP contribution in [0.1, 0.15) is 20.8 Å². The number of hydrogen-bond donors (Lipinski definition) is 0. The highest BCUT2D eigenvalue weighted by Gasteiger charge is 2.32. The first-order valence-corrected chi connectivity index (χ1v) is 6.60. The molecule has 0 bridgehead atoms. The van der Waals surface area contributed by atoms with Gasteiger partial charge in [0.1, 0.15) is 12.4 Å². The molecule has 0 saturated heterocycles. The van der Waals surface area contributed by atoms with E-state index in [2.05, 4.69) is 15.9 Å². The van der Waals surface area contributed by atoms with Crippen molar-refractivity contribution in [3.05, 3.63) is 28.7 Å². The Morgan fingerprint density at radius 3 is 2.28 bits per heavy atom. The molecule has 0 aromatic heterocycles. The number of methoxy groups -OCH3 is 1. The Balaban J connectivity index is 2.68. The molecule has 1 aromatic rings. The standard InChI is InChI=1S/C14H19BrO3/c1-14(2,3)12(13(16)17-4)9-18-11-7-5-10(15)6-8-11/h5-8,12H,9H2,1-4H3. The van der Waals surface area contributed by atoms with Crippen LogP contribution in [0.25, 0.3) is 0 Å². The van der Waals surface area contributed by atoms with Gasteiger partial charge in [-0.3, -0.25) is 4.79 Å². The summed E-state index contributed by atoms with van der Waals surface area (Å²) in [4.78, 5) is 11.7. The molecule has 1 aromatic carbocycles. The van der Waals surface area contributed by atoms with E-state index in [9.17, 15) is 4.79 Å². The molecular formula is C14H19BrO3. The van der Waals surface area contributed by atoms with Gasteiger partial charge in [0.05, 0.1) is 13.0 Å². The van der Waals surface area contributed by atoms with E-state index in [1.54, 1.807) is 0 Å². The molecule has 18 heavy (non-hydrogen) atoms. The lowest BCUT2D eigenvalue weighted by Crippen LogP contribution is -2.34. The van der Waals surface area contributed by atoms with E-state index in [0.29, 0.717) is 6.61 Å². The molecule has 0 saturated carbocycles. The first kappa shape index (κ1) is 15.0. The van der Waals surface area contributed by atoms with Gasteiger partial charge in [-0.25, -0.2) is 0 Å². The van der Waals surface area contributed by atoms with Crippen molar-refractivity contribution >= 4 is 21.9 Å². The van der Waals surface area contributed by atoms with Gasteiger partial charge in [-0.15, -0.1) is 0 Å². The monoisotopic (exact) mass is 314 g/mol. The molecule has 0 fully saturated rings. The molecule has 0 aliphatic rings. The molecule has 0 radical (unpaired) electrons. The number of benzene rings is 1. The molecule has 3 nitrogen and oxygen atoms in total. The molecule has 0 spiro atoms. The maximum atomic E-state index is 11.7. The van der Waals surface area contributed by atoms with E-state index < -0.39 is 0 Å². The number of rotatable bonds is 4. The van der Waals surface area contributed by atoms with Crippen LogP contribution in [-0.2, 0) is 9.53 Å². The predicted octanol–water partition coefficient (Wildman–Crippen LogP) is 3.66. The van der Waals surface area contributed by atoms with Crippen LogP contribution in [-0.4, -0.2) is 19.7 Å². The number of carbonyl (C=O) groups is 1. The summed E-state index contributed by atoms with van der Waals surface area (Å²) in [6.07, 6.45) is 0. The minimum Gasteiger partial charge on any atom is -0.493 e. The van der Waals surface area contributed by atoms with Gasteiger partial charge in [-0.1, -0.05) is 36.7 Å². The highest BCUT2D eigenvalue weighted by atomic mass is 79.9. The van der Waals surface area contributed by atoms with E-state index in [-0.39, 0.29) is 17.3 Å². The second kappa shape index (κ2) is 6.23. The van der Waals surface area contributed by atoms with Crippen molar-refractivity contribution in [1.82, 2.24) is 0 Å². The number of halogens is 1. The minimum absolute atomic E-state index is 0.192. The first-order valence-electron chi connectivity index (χ1n) is 5.81. The van der Waals surface area contributed by atoms with Gasteiger partial charge in [0.2, 0.25) is 0 Å². The van der Waals surface area contributed by atoms with Crippen LogP contribution in [0.3, 0.4) is 0 Å². The summed E-state index contributed by atoms with van der Waals surface area (Å²) in [6, 6.07) is 7.53. The first-order chi connectivity index (χ1) is 8.34. The SMILES string of the molecule is COC(=O)C(COc1ccc(Br)cc1)C(C)(C)C. The van der Waals surface area contributed by atoms with E-state index in [4.69, 9.17) is 9.47 Å². The molecule has 0 amide bonds. The van der Waals surface area contributed by atoms with E-state index >= 15 is 0 Å². The van der Waals surface area contributed by atoms with Crippen molar-refractivity contribution in [2.45, 2.75) is 20.8 Å². The quantitative estimate of drug-likeness (QED) is 0.796. The highest BCUT2D eigenvalue weighted by molar-refractivity contribution is 9.10. The normalized spacial score (nSPS) is 12.9. The summed E-state index contributed by atoms with van der Waals surface area (Å²) in [7, 11) is 1.40. The van der Waals surface area contributed by atoms with Crippen LogP contribution in [0.15, 0.2) is 28.7 Å². The van der Waals surface area contributed by atoms with E-state index in [1.165, 1.54) is 7.11 Å². The Morgan fingerprint density at radius 1 is 1.28 bits per heavy atom. The van der Waals surface area contributed by atoms with E-state index in [1.807, 2.05) is 45.0 Å². The van der Waals surface area contributed by atoms with Crippen LogP contribution < -0.4 is 4.74 Å². The van der Waals surface area contributed by atoms with Gasteiger partial charge >= 0.3 is 5.97 Å². The summed E-state index contributed by atoms with van der Waals surface area (Å²) in [5.41, 5.74) is -0.192. The van der Waals surface area contributed by atoms with Crippen molar-refractivity contribution in [3.63, 3.8) is 0 Å². The highest BCUT2D eigenvalue weighted by Crippen LogP contribution is 2.28. The zero-order chi connectivity index (χ0) is 13.8. The lowest BCUT2D eigenvalue weighted by atomic mass is 9.81. The Hall–Kier alpha value is -1.03. The Bertz CT molecular complexity index is 392. The van der Waals surface area contributed by atoms with Gasteiger partial charge in [0.15, 0.2) is 0 Å². The summed E-state index contributed by atoms with van der Waals surface area (Å²) < 4.78 is 11.5. The number of ether oxygens (including phenoxy) is 2. The average molecular weight is 315 g/mol. The number of carbonyl (C=O) groups excluding carboxylic acids is 1. The van der Waals surface area contributed by atoms with Crippen LogP contribution in [0, 0.1) is 11.3 Å². The van der Waals surface area contributed by atoms with Crippen molar-refractivity contribution < 1.29 is 14.3 Å². The zero-order valence-corrected chi connectivity index (χ0v) is 12.8. The van der Waals surface area contributed by atoms with Gasteiger partial charge in [0, 0.05) is 4.47 Å². The van der Waals surface area contributed by atoms with Crippen LogP contribution in [0.2, 0.25) is 0 Å². The maximum absolute atomic E-state index is 11.7. The molecule has 0 aliphatic heterocycles. The topological polar surface area (TPSA) is 35.5 Å². The van der Waals surface area contributed by atoms with Gasteiger partial charge in [-0.2, -0.15) is 0 Å². The van der Waals surface area contributed by atoms with Crippen molar-refractivity contribution in [2.75, 3.05) is 13.7 Å². The third-order valence-electron chi connectivity index (χ3n) is 2.76. The molecular weight excluding hydrogens is 296 g/mol. The lowest BCUT2D eigenvalue weighted by molar-refractivity contribution is -0.150. The molecule has 1 unspecified atom stereocenters. The zero-order valence-electron chi connectivity index (χ0n) is 11.2. The Labute approximate surface area is 117 Å². The minimum atomic E-state index is -0.286. The summed E-state index contributed by atoms with van der Waals surface area (Å²) in [5, 5.41) is 0. The fourth-order valence-electron chi connectivity index (χ4n) is 1.52. The molecule has 1 atom stereocenters. The largest absolute Gasteiger partial charge is 0.493 e. The molecule has 0 N–H and O–H groups in total. The predicted molar refractivity (Wildman–Crippen MR) is 74.6 cm³/mol. The average Bonchev–Trinajstić information content (AvgIpc) is 2.29. The third-order valence-corrected chi connectivity index (χ3v) is 3.29. The van der Waals surface area contributed by atoms with Gasteiger partial charge in [-0.05, 0) is 29.7 Å². The molecule has 0 aliphatic carbocycles. The van der Waals surface area contributed by atoms with Crippen molar-refractivity contribution in [1.29, 1.82) is 0 Å². The third kappa shape index (κ3) is 4.33. The lowest BCUT2D eigenvalue weighted by Gasteiger charge is -2.28. The molecule has 4 heteroatoms. The maximum Gasteiger partial charge on any atom is 0.312 e. The van der Waals surface area contributed by atoms with Crippen LogP contribution in [0.5, 0.6) is 5.75 Å². The van der Waals surface area contributed by atoms with Crippen molar-refractivity contribution in [3.8, 4) is 5.75 Å². The molecule has 1 rings (SSSR count). The van der Waals surface area contributed by atoms with Gasteiger partial charge < -0.3 is 9.47 Å².